The van der Waals surface area contributed by atoms with Crippen molar-refractivity contribution in [2.75, 3.05) is 0 Å². The molecule has 0 saturated carbocycles. The van der Waals surface area contributed by atoms with Crippen molar-refractivity contribution in [1.29, 1.82) is 0 Å². The standard InChI is InChI=1S/C20H13ClN4/c21-20-24-18(14-6-2-1-3-7-14)23-19(25-20)16-9-4-8-15(12-16)17-10-5-11-22-13-17/h1-13H. The van der Waals surface area contributed by atoms with Crippen molar-refractivity contribution in [2.45, 2.75) is 0 Å². The molecule has 4 rings (SSSR count). The fourth-order valence-corrected chi connectivity index (χ4v) is 2.73. The van der Waals surface area contributed by atoms with Crippen LogP contribution in [0.5, 0.6) is 0 Å². The third kappa shape index (κ3) is 3.39. The number of nitrogens with zero attached hydrogens (tertiary/aromatic N) is 4. The van der Waals surface area contributed by atoms with Gasteiger partial charge < -0.3 is 0 Å². The summed E-state index contributed by atoms with van der Waals surface area (Å²) in [6, 6.07) is 21.6. The summed E-state index contributed by atoms with van der Waals surface area (Å²) in [5.41, 5.74) is 3.86. The van der Waals surface area contributed by atoms with Crippen LogP contribution >= 0.6 is 11.6 Å². The van der Waals surface area contributed by atoms with Crippen molar-refractivity contribution in [3.63, 3.8) is 0 Å². The molecule has 4 nitrogen and oxygen atoms in total. The van der Waals surface area contributed by atoms with Crippen molar-refractivity contribution in [3.8, 4) is 33.9 Å². The zero-order valence-electron chi connectivity index (χ0n) is 13.2. The summed E-state index contributed by atoms with van der Waals surface area (Å²) >= 11 is 6.13. The molecule has 0 amide bonds. The third-order valence-electron chi connectivity index (χ3n) is 3.76. The van der Waals surface area contributed by atoms with E-state index in [0.29, 0.717) is 11.6 Å². The molecule has 0 bridgehead atoms. The van der Waals surface area contributed by atoms with E-state index in [0.717, 1.165) is 22.3 Å². The summed E-state index contributed by atoms with van der Waals surface area (Å²) in [7, 11) is 0. The van der Waals surface area contributed by atoms with E-state index in [2.05, 4.69) is 19.9 Å². The summed E-state index contributed by atoms with van der Waals surface area (Å²) < 4.78 is 0. The van der Waals surface area contributed by atoms with Crippen LogP contribution in [0.3, 0.4) is 0 Å². The van der Waals surface area contributed by atoms with Gasteiger partial charge in [-0.15, -0.1) is 0 Å². The number of benzene rings is 2. The number of halogens is 1. The van der Waals surface area contributed by atoms with Crippen molar-refractivity contribution < 1.29 is 0 Å². The van der Waals surface area contributed by atoms with Gasteiger partial charge in [0.1, 0.15) is 0 Å². The lowest BCUT2D eigenvalue weighted by Crippen LogP contribution is -1.97. The molecule has 2 aromatic carbocycles. The summed E-state index contributed by atoms with van der Waals surface area (Å²) in [6.07, 6.45) is 3.58. The first-order valence-corrected chi connectivity index (χ1v) is 8.15. The maximum Gasteiger partial charge on any atom is 0.226 e. The molecule has 5 heteroatoms. The molecule has 0 aliphatic rings. The second kappa shape index (κ2) is 6.79. The molecule has 0 radical (unpaired) electrons. The van der Waals surface area contributed by atoms with Crippen molar-refractivity contribution >= 4 is 11.6 Å². The van der Waals surface area contributed by atoms with Gasteiger partial charge in [0.05, 0.1) is 0 Å². The fraction of sp³-hybridized carbons (Fsp3) is 0. The highest BCUT2D eigenvalue weighted by molar-refractivity contribution is 6.28. The molecule has 120 valence electrons. The Morgan fingerprint density at radius 2 is 1.28 bits per heavy atom. The van der Waals surface area contributed by atoms with Crippen LogP contribution in [0, 0.1) is 0 Å². The minimum Gasteiger partial charge on any atom is -0.264 e. The van der Waals surface area contributed by atoms with Gasteiger partial charge in [-0.05, 0) is 29.3 Å². The molecule has 0 saturated heterocycles. The van der Waals surface area contributed by atoms with E-state index in [4.69, 9.17) is 11.6 Å². The highest BCUT2D eigenvalue weighted by Gasteiger charge is 2.10. The smallest absolute Gasteiger partial charge is 0.226 e. The fourth-order valence-electron chi connectivity index (χ4n) is 2.57. The van der Waals surface area contributed by atoms with Gasteiger partial charge in [-0.2, -0.15) is 9.97 Å². The first-order valence-electron chi connectivity index (χ1n) is 7.77. The lowest BCUT2D eigenvalue weighted by atomic mass is 10.0. The molecule has 0 spiro atoms. The molecule has 0 aliphatic heterocycles. The average molecular weight is 345 g/mol. The van der Waals surface area contributed by atoms with Gasteiger partial charge in [-0.3, -0.25) is 4.98 Å². The van der Waals surface area contributed by atoms with E-state index in [1.165, 1.54) is 0 Å². The number of aromatic nitrogens is 4. The van der Waals surface area contributed by atoms with Crippen LogP contribution in [-0.2, 0) is 0 Å². The molecule has 25 heavy (non-hydrogen) atoms. The Kier molecular flexibility index (Phi) is 4.19. The summed E-state index contributed by atoms with van der Waals surface area (Å²) in [5, 5.41) is 0.177. The van der Waals surface area contributed by atoms with E-state index in [9.17, 15) is 0 Å². The molecule has 2 heterocycles. The molecule has 0 unspecified atom stereocenters. The zero-order valence-corrected chi connectivity index (χ0v) is 13.9. The van der Waals surface area contributed by atoms with E-state index in [1.807, 2.05) is 72.9 Å². The highest BCUT2D eigenvalue weighted by Crippen LogP contribution is 2.26. The molecule has 0 N–H and O–H groups in total. The lowest BCUT2D eigenvalue weighted by molar-refractivity contribution is 1.07. The maximum absolute atomic E-state index is 6.13. The van der Waals surface area contributed by atoms with Gasteiger partial charge in [0.15, 0.2) is 11.6 Å². The van der Waals surface area contributed by atoms with Crippen molar-refractivity contribution in [2.24, 2.45) is 0 Å². The number of pyridine rings is 1. The quantitative estimate of drug-likeness (QED) is 0.529. The Labute approximate surface area is 150 Å². The Morgan fingerprint density at radius 3 is 2.04 bits per heavy atom. The predicted octanol–water partition coefficient (Wildman–Crippen LogP) is 4.92. The second-order valence-electron chi connectivity index (χ2n) is 5.44. The van der Waals surface area contributed by atoms with Crippen LogP contribution in [0.25, 0.3) is 33.9 Å². The van der Waals surface area contributed by atoms with Crippen molar-refractivity contribution in [1.82, 2.24) is 19.9 Å². The Bertz CT molecular complexity index is 1000. The first kappa shape index (κ1) is 15.4. The second-order valence-corrected chi connectivity index (χ2v) is 5.78. The minimum absolute atomic E-state index is 0.177. The first-order chi connectivity index (χ1) is 12.3. The van der Waals surface area contributed by atoms with E-state index >= 15 is 0 Å². The molecular weight excluding hydrogens is 332 g/mol. The number of hydrogen-bond acceptors (Lipinski definition) is 4. The zero-order chi connectivity index (χ0) is 17.1. The number of rotatable bonds is 3. The van der Waals surface area contributed by atoms with Gasteiger partial charge in [0.2, 0.25) is 5.28 Å². The molecule has 2 aromatic heterocycles. The van der Waals surface area contributed by atoms with E-state index in [1.54, 1.807) is 6.20 Å². The van der Waals surface area contributed by atoms with Gasteiger partial charge in [-0.1, -0.05) is 54.6 Å². The Hall–Kier alpha value is -3.11. The topological polar surface area (TPSA) is 51.6 Å². The molecular formula is C20H13ClN4. The predicted molar refractivity (Wildman–Crippen MR) is 98.9 cm³/mol. The molecule has 4 aromatic rings. The van der Waals surface area contributed by atoms with E-state index < -0.39 is 0 Å². The largest absolute Gasteiger partial charge is 0.264 e. The van der Waals surface area contributed by atoms with Gasteiger partial charge in [0.25, 0.3) is 0 Å². The Balaban J connectivity index is 1.79. The summed E-state index contributed by atoms with van der Waals surface area (Å²) in [4.78, 5) is 17.3. The minimum atomic E-state index is 0.177. The average Bonchev–Trinajstić information content (AvgIpc) is 2.69. The van der Waals surface area contributed by atoms with Crippen LogP contribution < -0.4 is 0 Å². The third-order valence-corrected chi connectivity index (χ3v) is 3.92. The van der Waals surface area contributed by atoms with Gasteiger partial charge in [-0.25, -0.2) is 4.98 Å². The maximum atomic E-state index is 6.13. The van der Waals surface area contributed by atoms with Crippen molar-refractivity contribution in [3.05, 3.63) is 84.4 Å². The summed E-state index contributed by atoms with van der Waals surface area (Å²) in [6.45, 7) is 0. The highest BCUT2D eigenvalue weighted by atomic mass is 35.5. The SMILES string of the molecule is Clc1nc(-c2ccccc2)nc(-c2cccc(-c3cccnc3)c2)n1. The van der Waals surface area contributed by atoms with Crippen LogP contribution in [0.1, 0.15) is 0 Å². The Morgan fingerprint density at radius 1 is 0.600 bits per heavy atom. The number of hydrogen-bond donors (Lipinski definition) is 0. The van der Waals surface area contributed by atoms with E-state index in [-0.39, 0.29) is 5.28 Å². The molecule has 0 aliphatic carbocycles. The van der Waals surface area contributed by atoms with Crippen LogP contribution in [0.15, 0.2) is 79.1 Å². The summed E-state index contributed by atoms with van der Waals surface area (Å²) in [5.74, 6) is 1.10. The molecule has 0 fully saturated rings. The normalized spacial score (nSPS) is 10.6. The van der Waals surface area contributed by atoms with Crippen LogP contribution in [0.4, 0.5) is 0 Å². The van der Waals surface area contributed by atoms with Crippen LogP contribution in [0.2, 0.25) is 5.28 Å². The monoisotopic (exact) mass is 344 g/mol. The van der Waals surface area contributed by atoms with Gasteiger partial charge >= 0.3 is 0 Å². The van der Waals surface area contributed by atoms with Gasteiger partial charge in [0, 0.05) is 29.1 Å². The van der Waals surface area contributed by atoms with Crippen LogP contribution in [-0.4, -0.2) is 19.9 Å². The molecule has 0 atom stereocenters. The lowest BCUT2D eigenvalue weighted by Gasteiger charge is -2.07.